The minimum absolute atomic E-state index is 0.0215. The number of rotatable bonds is 6. The van der Waals surface area contributed by atoms with Gasteiger partial charge in [0.15, 0.2) is 5.78 Å². The quantitative estimate of drug-likeness (QED) is 0.251. The number of nitrogens with zero attached hydrogens (tertiary/aromatic N) is 4. The molecule has 1 amide bonds. The van der Waals surface area contributed by atoms with Gasteiger partial charge in [-0.1, -0.05) is 17.3 Å². The first-order valence-electron chi connectivity index (χ1n) is 9.94. The molecule has 4 aromatic rings. The number of ketones is 2. The van der Waals surface area contributed by atoms with Gasteiger partial charge in [0.25, 0.3) is 11.7 Å². The van der Waals surface area contributed by atoms with Crippen LogP contribution in [0.5, 0.6) is 5.75 Å². The molecule has 2 aromatic heterocycles. The van der Waals surface area contributed by atoms with E-state index < -0.39 is 23.1 Å². The zero-order valence-corrected chi connectivity index (χ0v) is 17.3. The van der Waals surface area contributed by atoms with E-state index in [1.165, 1.54) is 29.0 Å². The second kappa shape index (κ2) is 7.83. The van der Waals surface area contributed by atoms with Gasteiger partial charge in [-0.3, -0.25) is 19.3 Å². The Balaban J connectivity index is 1.36. The number of benzene rings is 2. The highest BCUT2D eigenvalue weighted by molar-refractivity contribution is 6.52. The highest BCUT2D eigenvalue weighted by Crippen LogP contribution is 2.29. The molecule has 0 saturated heterocycles. The summed E-state index contributed by atoms with van der Waals surface area (Å²) in [7, 11) is 1.51. The standard InChI is InChI=1S/C23H16N4O6/c1-32-15-6-7-20-13(8-15)9-17(23(31)33-20)19(28)12-26-10-14(24-25-26)11-27-18-5-3-2-4-16(18)21(29)22(27)30/h2-10H,11-12H2,1H3. The number of anilines is 1. The molecule has 10 heteroatoms. The van der Waals surface area contributed by atoms with E-state index in [4.69, 9.17) is 9.15 Å². The van der Waals surface area contributed by atoms with Gasteiger partial charge < -0.3 is 9.15 Å². The molecule has 0 atom stereocenters. The molecule has 0 fully saturated rings. The van der Waals surface area contributed by atoms with E-state index in [1.54, 1.807) is 42.5 Å². The van der Waals surface area contributed by atoms with Crippen LogP contribution in [0.25, 0.3) is 11.0 Å². The first-order chi connectivity index (χ1) is 15.9. The van der Waals surface area contributed by atoms with E-state index in [-0.39, 0.29) is 18.7 Å². The van der Waals surface area contributed by atoms with Gasteiger partial charge in [0.1, 0.15) is 29.1 Å². The highest BCUT2D eigenvalue weighted by atomic mass is 16.5. The van der Waals surface area contributed by atoms with Crippen molar-refractivity contribution >= 4 is 34.1 Å². The minimum atomic E-state index is -0.754. The number of carbonyl (C=O) groups is 3. The molecule has 0 N–H and O–H groups in total. The Labute approximate surface area is 186 Å². The van der Waals surface area contributed by atoms with Crippen LogP contribution in [-0.4, -0.2) is 39.6 Å². The molecule has 10 nitrogen and oxygen atoms in total. The summed E-state index contributed by atoms with van der Waals surface area (Å²) < 4.78 is 11.7. The van der Waals surface area contributed by atoms with Gasteiger partial charge in [-0.25, -0.2) is 9.48 Å². The maximum Gasteiger partial charge on any atom is 0.347 e. The van der Waals surface area contributed by atoms with Crippen molar-refractivity contribution in [3.05, 3.63) is 82.0 Å². The van der Waals surface area contributed by atoms with Crippen LogP contribution in [-0.2, 0) is 17.9 Å². The molecule has 1 aliphatic rings. The molecule has 0 radical (unpaired) electrons. The summed E-state index contributed by atoms with van der Waals surface area (Å²) >= 11 is 0. The SMILES string of the molecule is COc1ccc2oc(=O)c(C(=O)Cn3cc(CN4C(=O)C(=O)c5ccccc54)nn3)cc2c1. The first kappa shape index (κ1) is 20.3. The molecule has 0 unspecified atom stereocenters. The largest absolute Gasteiger partial charge is 0.497 e. The van der Waals surface area contributed by atoms with E-state index >= 15 is 0 Å². The molecular formula is C23H16N4O6. The molecule has 1 aliphatic heterocycles. The molecule has 0 saturated carbocycles. The van der Waals surface area contributed by atoms with Gasteiger partial charge in [-0.15, -0.1) is 5.10 Å². The smallest absolute Gasteiger partial charge is 0.347 e. The number of methoxy groups -OCH3 is 1. The van der Waals surface area contributed by atoms with Crippen molar-refractivity contribution < 1.29 is 23.5 Å². The number of carbonyl (C=O) groups excluding carboxylic acids is 3. The van der Waals surface area contributed by atoms with Gasteiger partial charge in [-0.2, -0.15) is 0 Å². The number of amides is 1. The summed E-state index contributed by atoms with van der Waals surface area (Å²) in [5.41, 5.74) is 0.686. The third-order valence-electron chi connectivity index (χ3n) is 5.33. The van der Waals surface area contributed by atoms with E-state index in [0.29, 0.717) is 33.7 Å². The van der Waals surface area contributed by atoms with Crippen LogP contribution in [0.1, 0.15) is 26.4 Å². The number of fused-ring (bicyclic) bond motifs is 2. The minimum Gasteiger partial charge on any atom is -0.497 e. The summed E-state index contributed by atoms with van der Waals surface area (Å²) in [6.07, 6.45) is 1.49. The maximum absolute atomic E-state index is 12.8. The van der Waals surface area contributed by atoms with Crippen molar-refractivity contribution in [1.82, 2.24) is 15.0 Å². The lowest BCUT2D eigenvalue weighted by Crippen LogP contribution is -2.29. The molecule has 164 valence electrons. The van der Waals surface area contributed by atoms with Crippen molar-refractivity contribution in [3.8, 4) is 5.75 Å². The molecule has 2 aromatic carbocycles. The Kier molecular flexibility index (Phi) is 4.82. The average molecular weight is 444 g/mol. The molecule has 33 heavy (non-hydrogen) atoms. The van der Waals surface area contributed by atoms with Crippen LogP contribution in [0.4, 0.5) is 5.69 Å². The second-order valence-electron chi connectivity index (χ2n) is 7.42. The van der Waals surface area contributed by atoms with Crippen molar-refractivity contribution in [2.45, 2.75) is 13.1 Å². The molecule has 0 spiro atoms. The molecule has 0 bridgehead atoms. The average Bonchev–Trinajstić information content (AvgIpc) is 3.36. The number of hydrogen-bond donors (Lipinski definition) is 0. The Bertz CT molecular complexity index is 1500. The summed E-state index contributed by atoms with van der Waals surface area (Å²) in [5.74, 6) is -1.17. The molecule has 0 aliphatic carbocycles. The third-order valence-corrected chi connectivity index (χ3v) is 5.33. The first-order valence-corrected chi connectivity index (χ1v) is 9.94. The monoisotopic (exact) mass is 444 g/mol. The highest BCUT2D eigenvalue weighted by Gasteiger charge is 2.35. The number of aromatic nitrogens is 3. The fourth-order valence-electron chi connectivity index (χ4n) is 3.71. The summed E-state index contributed by atoms with van der Waals surface area (Å²) in [5, 5.41) is 8.45. The topological polar surface area (TPSA) is 125 Å². The Morgan fingerprint density at radius 3 is 2.73 bits per heavy atom. The second-order valence-corrected chi connectivity index (χ2v) is 7.42. The summed E-state index contributed by atoms with van der Waals surface area (Å²) in [6.45, 7) is -0.232. The molecule has 5 rings (SSSR count). The normalized spacial score (nSPS) is 12.9. The van der Waals surface area contributed by atoms with E-state index in [2.05, 4.69) is 10.3 Å². The number of hydrogen-bond acceptors (Lipinski definition) is 8. The predicted molar refractivity (Wildman–Crippen MR) is 115 cm³/mol. The van der Waals surface area contributed by atoms with Crippen LogP contribution in [0, 0.1) is 0 Å². The fourth-order valence-corrected chi connectivity index (χ4v) is 3.71. The van der Waals surface area contributed by atoms with Gasteiger partial charge >= 0.3 is 5.63 Å². The Morgan fingerprint density at radius 2 is 1.91 bits per heavy atom. The van der Waals surface area contributed by atoms with Gasteiger partial charge in [-0.05, 0) is 36.4 Å². The van der Waals surface area contributed by atoms with Crippen LogP contribution in [0.2, 0.25) is 0 Å². The summed E-state index contributed by atoms with van der Waals surface area (Å²) in [4.78, 5) is 50.9. The van der Waals surface area contributed by atoms with Crippen LogP contribution in [0.3, 0.4) is 0 Å². The summed E-state index contributed by atoms with van der Waals surface area (Å²) in [6, 6.07) is 13.1. The number of Topliss-reactive ketones (excluding diaryl/α,β-unsaturated/α-hetero) is 2. The lowest BCUT2D eigenvalue weighted by Gasteiger charge is -2.14. The number of para-hydroxylation sites is 1. The zero-order chi connectivity index (χ0) is 23.1. The van der Waals surface area contributed by atoms with E-state index in [9.17, 15) is 19.2 Å². The van der Waals surface area contributed by atoms with Gasteiger partial charge in [0, 0.05) is 5.39 Å². The van der Waals surface area contributed by atoms with Crippen LogP contribution >= 0.6 is 0 Å². The lowest BCUT2D eigenvalue weighted by molar-refractivity contribution is -0.114. The van der Waals surface area contributed by atoms with Crippen molar-refractivity contribution in [1.29, 1.82) is 0 Å². The van der Waals surface area contributed by atoms with E-state index in [1.807, 2.05) is 0 Å². The Morgan fingerprint density at radius 1 is 1.09 bits per heavy atom. The molecule has 3 heterocycles. The third kappa shape index (κ3) is 3.57. The Hall–Kier alpha value is -4.60. The van der Waals surface area contributed by atoms with Crippen LogP contribution < -0.4 is 15.3 Å². The molecular weight excluding hydrogens is 428 g/mol. The lowest BCUT2D eigenvalue weighted by atomic mass is 10.1. The predicted octanol–water partition coefficient (Wildman–Crippen LogP) is 2.01. The van der Waals surface area contributed by atoms with Gasteiger partial charge in [0.2, 0.25) is 0 Å². The number of ether oxygens (including phenoxy) is 1. The van der Waals surface area contributed by atoms with Crippen LogP contribution in [0.15, 0.2) is 63.9 Å². The van der Waals surface area contributed by atoms with Crippen molar-refractivity contribution in [2.24, 2.45) is 0 Å². The van der Waals surface area contributed by atoms with Crippen molar-refractivity contribution in [3.63, 3.8) is 0 Å². The fraction of sp³-hybridized carbons (Fsp3) is 0.130. The van der Waals surface area contributed by atoms with E-state index in [0.717, 1.165) is 0 Å². The van der Waals surface area contributed by atoms with Crippen molar-refractivity contribution in [2.75, 3.05) is 12.0 Å². The van der Waals surface area contributed by atoms with Gasteiger partial charge in [0.05, 0.1) is 31.1 Å². The zero-order valence-electron chi connectivity index (χ0n) is 17.3. The maximum atomic E-state index is 12.8.